The van der Waals surface area contributed by atoms with E-state index in [1.165, 1.54) is 11.1 Å². The summed E-state index contributed by atoms with van der Waals surface area (Å²) in [5.41, 5.74) is 2.85. The Balaban J connectivity index is 3.62. The number of rotatable bonds is 5. The third-order valence-electron chi connectivity index (χ3n) is 1.87. The molecule has 0 aliphatic heterocycles. The molecule has 0 N–H and O–H groups in total. The highest BCUT2D eigenvalue weighted by atomic mass is 13.9. The average Bonchev–Trinajstić information content (AvgIpc) is 2.04. The van der Waals surface area contributed by atoms with E-state index in [4.69, 9.17) is 6.42 Å². The largest absolute Gasteiger partial charge is 0.120 e. The van der Waals surface area contributed by atoms with Crippen LogP contribution < -0.4 is 0 Å². The van der Waals surface area contributed by atoms with Crippen LogP contribution in [0.3, 0.4) is 0 Å². The molecule has 0 radical (unpaired) electrons. The number of unbranched alkanes of at least 4 members (excludes halogenated alkanes) is 1. The zero-order chi connectivity index (χ0) is 10.1. The van der Waals surface area contributed by atoms with Crippen LogP contribution in [0.1, 0.15) is 46.5 Å². The fourth-order valence-corrected chi connectivity index (χ4v) is 1.09. The summed E-state index contributed by atoms with van der Waals surface area (Å²) >= 11 is 0. The van der Waals surface area contributed by atoms with Crippen molar-refractivity contribution in [2.24, 2.45) is 0 Å². The standard InChI is InChI=1S/C13H20/c1-5-6-7-10-13(4)11-8-9-12(2)3/h1,9-10H,6-8,11H2,2-4H3/b13-10-. The Labute approximate surface area is 82.7 Å². The molecular weight excluding hydrogens is 156 g/mol. The quantitative estimate of drug-likeness (QED) is 0.336. The molecule has 0 aliphatic rings. The molecule has 0 heterocycles. The van der Waals surface area contributed by atoms with Crippen LogP contribution in [0.15, 0.2) is 23.3 Å². The first kappa shape index (κ1) is 12.0. The Morgan fingerprint density at radius 3 is 2.38 bits per heavy atom. The van der Waals surface area contributed by atoms with Crippen molar-refractivity contribution < 1.29 is 0 Å². The van der Waals surface area contributed by atoms with Gasteiger partial charge in [-0.15, -0.1) is 12.3 Å². The van der Waals surface area contributed by atoms with Gasteiger partial charge in [-0.05, 0) is 40.0 Å². The van der Waals surface area contributed by atoms with Crippen molar-refractivity contribution >= 4 is 0 Å². The minimum Gasteiger partial charge on any atom is -0.120 e. The molecule has 0 amide bonds. The van der Waals surface area contributed by atoms with Crippen LogP contribution in [-0.4, -0.2) is 0 Å². The lowest BCUT2D eigenvalue weighted by atomic mass is 10.1. The summed E-state index contributed by atoms with van der Waals surface area (Å²) in [7, 11) is 0. The summed E-state index contributed by atoms with van der Waals surface area (Å²) in [4.78, 5) is 0. The van der Waals surface area contributed by atoms with Gasteiger partial charge in [0.1, 0.15) is 0 Å². The average molecular weight is 176 g/mol. The van der Waals surface area contributed by atoms with Gasteiger partial charge in [0.25, 0.3) is 0 Å². The normalized spacial score (nSPS) is 10.8. The highest BCUT2D eigenvalue weighted by Crippen LogP contribution is 2.07. The lowest BCUT2D eigenvalue weighted by Crippen LogP contribution is -1.77. The lowest BCUT2D eigenvalue weighted by Gasteiger charge is -1.97. The molecule has 0 rings (SSSR count). The monoisotopic (exact) mass is 176 g/mol. The molecule has 0 saturated heterocycles. The summed E-state index contributed by atoms with van der Waals surface area (Å²) < 4.78 is 0. The zero-order valence-corrected chi connectivity index (χ0v) is 9.06. The second-order valence-corrected chi connectivity index (χ2v) is 3.61. The minimum absolute atomic E-state index is 0.861. The van der Waals surface area contributed by atoms with Gasteiger partial charge < -0.3 is 0 Å². The van der Waals surface area contributed by atoms with E-state index in [-0.39, 0.29) is 0 Å². The molecule has 0 atom stereocenters. The molecule has 0 fully saturated rings. The maximum absolute atomic E-state index is 5.17. The third-order valence-corrected chi connectivity index (χ3v) is 1.87. The SMILES string of the molecule is C#CCC/C=C(/C)CCC=C(C)C. The smallest absolute Gasteiger partial charge is 0.0121 e. The Hall–Kier alpha value is -0.960. The van der Waals surface area contributed by atoms with Crippen LogP contribution in [0.4, 0.5) is 0 Å². The molecule has 0 spiro atoms. The molecule has 0 aromatic rings. The van der Waals surface area contributed by atoms with E-state index in [2.05, 4.69) is 38.8 Å². The van der Waals surface area contributed by atoms with Crippen LogP contribution in [-0.2, 0) is 0 Å². The highest BCUT2D eigenvalue weighted by molar-refractivity contribution is 5.03. The maximum atomic E-state index is 5.17. The summed E-state index contributed by atoms with van der Waals surface area (Å²) in [6.45, 7) is 6.45. The number of allylic oxidation sites excluding steroid dienone is 4. The van der Waals surface area contributed by atoms with Crippen LogP contribution in [0.5, 0.6) is 0 Å². The maximum Gasteiger partial charge on any atom is 0.0121 e. The molecule has 72 valence electrons. The summed E-state index contributed by atoms with van der Waals surface area (Å²) in [6, 6.07) is 0. The number of hydrogen-bond donors (Lipinski definition) is 0. The molecule has 0 aromatic carbocycles. The van der Waals surface area contributed by atoms with E-state index in [1.54, 1.807) is 0 Å². The first-order valence-corrected chi connectivity index (χ1v) is 4.89. The van der Waals surface area contributed by atoms with E-state index in [0.29, 0.717) is 0 Å². The Morgan fingerprint density at radius 2 is 1.85 bits per heavy atom. The van der Waals surface area contributed by atoms with Crippen LogP contribution >= 0.6 is 0 Å². The fourth-order valence-electron chi connectivity index (χ4n) is 1.09. The van der Waals surface area contributed by atoms with Gasteiger partial charge in [-0.3, -0.25) is 0 Å². The fraction of sp³-hybridized carbons (Fsp3) is 0.538. The van der Waals surface area contributed by atoms with Crippen LogP contribution in [0.2, 0.25) is 0 Å². The van der Waals surface area contributed by atoms with Crippen LogP contribution in [0.25, 0.3) is 0 Å². The Kier molecular flexibility index (Phi) is 7.11. The van der Waals surface area contributed by atoms with E-state index >= 15 is 0 Å². The second kappa shape index (κ2) is 7.68. The Morgan fingerprint density at radius 1 is 1.15 bits per heavy atom. The van der Waals surface area contributed by atoms with E-state index < -0.39 is 0 Å². The van der Waals surface area contributed by atoms with Crippen molar-refractivity contribution in [3.63, 3.8) is 0 Å². The third kappa shape index (κ3) is 8.95. The molecule has 0 nitrogen and oxygen atoms in total. The number of terminal acetylenes is 1. The summed E-state index contributed by atoms with van der Waals surface area (Å²) in [5, 5.41) is 0. The molecule has 0 unspecified atom stereocenters. The van der Waals surface area contributed by atoms with Crippen molar-refractivity contribution in [3.8, 4) is 12.3 Å². The van der Waals surface area contributed by atoms with E-state index in [1.807, 2.05) is 0 Å². The van der Waals surface area contributed by atoms with Gasteiger partial charge in [-0.2, -0.15) is 0 Å². The zero-order valence-electron chi connectivity index (χ0n) is 9.06. The second-order valence-electron chi connectivity index (χ2n) is 3.61. The summed E-state index contributed by atoms with van der Waals surface area (Å²) in [6.07, 6.45) is 13.9. The van der Waals surface area contributed by atoms with Gasteiger partial charge in [0.2, 0.25) is 0 Å². The molecule has 0 bridgehead atoms. The molecule has 0 saturated carbocycles. The number of hydrogen-bond acceptors (Lipinski definition) is 0. The van der Waals surface area contributed by atoms with E-state index in [0.717, 1.165) is 25.7 Å². The van der Waals surface area contributed by atoms with Gasteiger partial charge >= 0.3 is 0 Å². The minimum atomic E-state index is 0.861. The first-order chi connectivity index (χ1) is 6.16. The lowest BCUT2D eigenvalue weighted by molar-refractivity contribution is 0.941. The van der Waals surface area contributed by atoms with Gasteiger partial charge in [-0.1, -0.05) is 23.3 Å². The van der Waals surface area contributed by atoms with Gasteiger partial charge in [0.15, 0.2) is 0 Å². The predicted molar refractivity (Wildman–Crippen MR) is 60.5 cm³/mol. The van der Waals surface area contributed by atoms with Crippen molar-refractivity contribution in [1.82, 2.24) is 0 Å². The molecule has 0 aromatic heterocycles. The first-order valence-electron chi connectivity index (χ1n) is 4.89. The predicted octanol–water partition coefficient (Wildman–Crippen LogP) is 4.09. The molecular formula is C13H20. The van der Waals surface area contributed by atoms with Crippen molar-refractivity contribution in [3.05, 3.63) is 23.3 Å². The molecule has 0 aliphatic carbocycles. The van der Waals surface area contributed by atoms with E-state index in [9.17, 15) is 0 Å². The van der Waals surface area contributed by atoms with Crippen molar-refractivity contribution in [2.45, 2.75) is 46.5 Å². The molecule has 0 heteroatoms. The topological polar surface area (TPSA) is 0 Å². The van der Waals surface area contributed by atoms with Crippen molar-refractivity contribution in [2.75, 3.05) is 0 Å². The Bertz CT molecular complexity index is 219. The van der Waals surface area contributed by atoms with Gasteiger partial charge in [-0.25, -0.2) is 0 Å². The van der Waals surface area contributed by atoms with Crippen molar-refractivity contribution in [1.29, 1.82) is 0 Å². The summed E-state index contributed by atoms with van der Waals surface area (Å²) in [5.74, 6) is 2.64. The molecule has 13 heavy (non-hydrogen) atoms. The van der Waals surface area contributed by atoms with Gasteiger partial charge in [0.05, 0.1) is 0 Å². The highest BCUT2D eigenvalue weighted by Gasteiger charge is 1.87. The van der Waals surface area contributed by atoms with Gasteiger partial charge in [0, 0.05) is 6.42 Å². The van der Waals surface area contributed by atoms with Crippen LogP contribution in [0, 0.1) is 12.3 Å².